The molecule has 0 aliphatic carbocycles. The molecule has 0 aliphatic heterocycles. The van der Waals surface area contributed by atoms with Gasteiger partial charge in [0.1, 0.15) is 6.04 Å². The third kappa shape index (κ3) is 23.9. The number of hydrogen-bond acceptors (Lipinski definition) is 5. The first-order valence-electron chi connectivity index (χ1n) is 14.9. The highest BCUT2D eigenvalue weighted by Crippen LogP contribution is 2.10. The van der Waals surface area contributed by atoms with Crippen LogP contribution in [0.1, 0.15) is 123 Å². The third-order valence-electron chi connectivity index (χ3n) is 6.31. The summed E-state index contributed by atoms with van der Waals surface area (Å²) in [7, 11) is 0. The lowest BCUT2D eigenvalue weighted by Crippen LogP contribution is -2.47. The fraction of sp³-hybridized carbons (Fsp3) is 0.857. The number of amides is 5. The van der Waals surface area contributed by atoms with Crippen LogP contribution in [0.4, 0.5) is 9.59 Å². The first-order chi connectivity index (χ1) is 18.4. The molecule has 10 nitrogen and oxygen atoms in total. The molecule has 0 saturated heterocycles. The number of esters is 1. The summed E-state index contributed by atoms with van der Waals surface area (Å²) in [6, 6.07) is -1.63. The molecule has 222 valence electrons. The number of rotatable bonds is 25. The molecule has 0 aromatic rings. The molecule has 0 heterocycles. The quantitative estimate of drug-likeness (QED) is 0.0841. The maximum Gasteiger partial charge on any atom is 0.328 e. The van der Waals surface area contributed by atoms with Crippen LogP contribution < -0.4 is 27.0 Å². The van der Waals surface area contributed by atoms with Crippen molar-refractivity contribution in [3.05, 3.63) is 0 Å². The van der Waals surface area contributed by atoms with Crippen molar-refractivity contribution in [2.24, 2.45) is 5.73 Å². The van der Waals surface area contributed by atoms with Crippen LogP contribution in [-0.2, 0) is 14.3 Å². The number of nitrogens with two attached hydrogens (primary N) is 1. The number of ether oxygens (including phenoxy) is 1. The van der Waals surface area contributed by atoms with Gasteiger partial charge in [0.05, 0.1) is 6.61 Å². The van der Waals surface area contributed by atoms with E-state index in [0.29, 0.717) is 38.9 Å². The predicted molar refractivity (Wildman–Crippen MR) is 152 cm³/mol. The molecule has 0 radical (unpaired) electrons. The lowest BCUT2D eigenvalue weighted by Gasteiger charge is -2.18. The van der Waals surface area contributed by atoms with E-state index < -0.39 is 24.1 Å². The van der Waals surface area contributed by atoms with Crippen molar-refractivity contribution >= 4 is 23.9 Å². The second-order valence-corrected chi connectivity index (χ2v) is 9.83. The zero-order valence-electron chi connectivity index (χ0n) is 24.0. The molecule has 0 fully saturated rings. The number of unbranched alkanes of at least 4 members (excludes halogenated alkanes) is 12. The van der Waals surface area contributed by atoms with Gasteiger partial charge in [-0.15, -0.1) is 0 Å². The molecule has 38 heavy (non-hydrogen) atoms. The van der Waals surface area contributed by atoms with Crippen LogP contribution in [0.2, 0.25) is 0 Å². The van der Waals surface area contributed by atoms with Crippen molar-refractivity contribution in [3.8, 4) is 0 Å². The topological polar surface area (TPSA) is 152 Å². The summed E-state index contributed by atoms with van der Waals surface area (Å²) in [5.74, 6) is -0.365. The van der Waals surface area contributed by atoms with E-state index in [-0.39, 0.29) is 12.5 Å². The molecule has 0 saturated carbocycles. The predicted octanol–water partition coefficient (Wildman–Crippen LogP) is 4.65. The fourth-order valence-electron chi connectivity index (χ4n) is 4.10. The summed E-state index contributed by atoms with van der Waals surface area (Å²) in [6.07, 6.45) is 16.9. The summed E-state index contributed by atoms with van der Waals surface area (Å²) in [5, 5.41) is 11.0. The average molecular weight is 542 g/mol. The van der Waals surface area contributed by atoms with E-state index in [1.165, 1.54) is 44.9 Å². The first kappa shape index (κ1) is 35.5. The number of hydrogen-bond donors (Lipinski definition) is 5. The highest BCUT2D eigenvalue weighted by Gasteiger charge is 2.21. The maximum atomic E-state index is 12.3. The van der Waals surface area contributed by atoms with Crippen LogP contribution in [0.15, 0.2) is 0 Å². The van der Waals surface area contributed by atoms with Crippen LogP contribution in [0, 0.1) is 0 Å². The number of carbonyl (C=O) groups is 4. The standard InChI is InChI=1S/C28H55N5O5/c1-3-5-6-7-8-9-10-11-14-20-25(34)30-21-18-15-19-24(26(35)38-4-2)33-28(37)32-23-17-13-12-16-22-31-27(29)36/h24H,3-23H2,1-2H3,(H,30,34)(H3,29,31,36)(H2,32,33,37)/t24-/m0/s1. The Balaban J connectivity index is 3.93. The van der Waals surface area contributed by atoms with Gasteiger partial charge in [-0.25, -0.2) is 14.4 Å². The number of primary amides is 1. The van der Waals surface area contributed by atoms with Crippen molar-refractivity contribution in [3.63, 3.8) is 0 Å². The van der Waals surface area contributed by atoms with Gasteiger partial charge >= 0.3 is 18.0 Å². The van der Waals surface area contributed by atoms with Gasteiger partial charge in [0.25, 0.3) is 0 Å². The van der Waals surface area contributed by atoms with E-state index >= 15 is 0 Å². The van der Waals surface area contributed by atoms with E-state index in [0.717, 1.165) is 44.9 Å². The largest absolute Gasteiger partial charge is 0.464 e. The molecule has 10 heteroatoms. The molecule has 1 atom stereocenters. The van der Waals surface area contributed by atoms with E-state index in [1.54, 1.807) is 6.92 Å². The molecule has 5 amide bonds. The summed E-state index contributed by atoms with van der Waals surface area (Å²) < 4.78 is 5.10. The number of nitrogens with one attached hydrogen (secondary N) is 4. The summed E-state index contributed by atoms with van der Waals surface area (Å²) >= 11 is 0. The average Bonchev–Trinajstić information content (AvgIpc) is 2.88. The maximum absolute atomic E-state index is 12.3. The van der Waals surface area contributed by atoms with Gasteiger partial charge in [0.15, 0.2) is 0 Å². The molecular weight excluding hydrogens is 486 g/mol. The zero-order valence-corrected chi connectivity index (χ0v) is 24.0. The van der Waals surface area contributed by atoms with E-state index in [2.05, 4.69) is 28.2 Å². The SMILES string of the molecule is CCCCCCCCCCCC(=O)NCCCC[C@H](NC(=O)NCCCCCCNC(N)=O)C(=O)OCC. The normalized spacial score (nSPS) is 11.4. The molecule has 0 aromatic heterocycles. The first-order valence-corrected chi connectivity index (χ1v) is 14.9. The molecule has 0 rings (SSSR count). The Morgan fingerprint density at radius 3 is 1.79 bits per heavy atom. The van der Waals surface area contributed by atoms with Crippen LogP contribution in [0.3, 0.4) is 0 Å². The Kier molecular flexibility index (Phi) is 24.4. The van der Waals surface area contributed by atoms with Gasteiger partial charge in [-0.1, -0.05) is 71.1 Å². The van der Waals surface area contributed by atoms with Crippen molar-refractivity contribution in [2.45, 2.75) is 129 Å². The second kappa shape index (κ2) is 26.1. The Morgan fingerprint density at radius 2 is 1.18 bits per heavy atom. The minimum absolute atomic E-state index is 0.0801. The van der Waals surface area contributed by atoms with Gasteiger partial charge in [-0.3, -0.25) is 4.79 Å². The van der Waals surface area contributed by atoms with Crippen LogP contribution in [0.5, 0.6) is 0 Å². The molecule has 0 bridgehead atoms. The van der Waals surface area contributed by atoms with Crippen molar-refractivity contribution in [1.82, 2.24) is 21.3 Å². The molecule has 0 unspecified atom stereocenters. The lowest BCUT2D eigenvalue weighted by molar-refractivity contribution is -0.145. The molecule has 0 aliphatic rings. The van der Waals surface area contributed by atoms with Gasteiger partial charge in [-0.05, 0) is 45.4 Å². The zero-order chi connectivity index (χ0) is 28.3. The Labute approximate surface area is 230 Å². The van der Waals surface area contributed by atoms with Crippen molar-refractivity contribution < 1.29 is 23.9 Å². The Morgan fingerprint density at radius 1 is 0.658 bits per heavy atom. The smallest absolute Gasteiger partial charge is 0.328 e. The fourth-order valence-corrected chi connectivity index (χ4v) is 4.10. The van der Waals surface area contributed by atoms with Crippen LogP contribution in [0.25, 0.3) is 0 Å². The molecule has 0 aromatic carbocycles. The minimum atomic E-state index is -0.715. The Hall–Kier alpha value is -2.52. The summed E-state index contributed by atoms with van der Waals surface area (Å²) in [4.78, 5) is 47.1. The van der Waals surface area contributed by atoms with Gasteiger partial charge < -0.3 is 31.7 Å². The Bertz CT molecular complexity index is 633. The summed E-state index contributed by atoms with van der Waals surface area (Å²) in [5.41, 5.74) is 5.01. The molecule has 6 N–H and O–H groups in total. The number of urea groups is 2. The van der Waals surface area contributed by atoms with Crippen LogP contribution in [-0.4, -0.2) is 56.2 Å². The molecule has 0 spiro atoms. The monoisotopic (exact) mass is 541 g/mol. The van der Waals surface area contributed by atoms with Gasteiger partial charge in [-0.2, -0.15) is 0 Å². The third-order valence-corrected chi connectivity index (χ3v) is 6.31. The van der Waals surface area contributed by atoms with E-state index in [1.807, 2.05) is 0 Å². The number of carbonyl (C=O) groups excluding carboxylic acids is 4. The minimum Gasteiger partial charge on any atom is -0.464 e. The van der Waals surface area contributed by atoms with Crippen LogP contribution >= 0.6 is 0 Å². The lowest BCUT2D eigenvalue weighted by atomic mass is 10.1. The van der Waals surface area contributed by atoms with Gasteiger partial charge in [0, 0.05) is 26.1 Å². The summed E-state index contributed by atoms with van der Waals surface area (Å²) in [6.45, 7) is 5.82. The van der Waals surface area contributed by atoms with Gasteiger partial charge in [0.2, 0.25) is 5.91 Å². The molecular formula is C28H55N5O5. The van der Waals surface area contributed by atoms with E-state index in [4.69, 9.17) is 10.5 Å². The highest BCUT2D eigenvalue weighted by atomic mass is 16.5. The van der Waals surface area contributed by atoms with E-state index in [9.17, 15) is 19.2 Å². The van der Waals surface area contributed by atoms with Crippen molar-refractivity contribution in [2.75, 3.05) is 26.2 Å². The highest BCUT2D eigenvalue weighted by molar-refractivity contribution is 5.83. The second-order valence-electron chi connectivity index (χ2n) is 9.83. The van der Waals surface area contributed by atoms with Crippen molar-refractivity contribution in [1.29, 1.82) is 0 Å².